The monoisotopic (exact) mass is 187 g/mol. The summed E-state index contributed by atoms with van der Waals surface area (Å²) in [6.07, 6.45) is 1.61. The summed E-state index contributed by atoms with van der Waals surface area (Å²) >= 11 is 0. The first-order chi connectivity index (χ1) is 6.59. The first kappa shape index (κ1) is 8.81. The van der Waals surface area contributed by atoms with Gasteiger partial charge >= 0.3 is 0 Å². The maximum absolute atomic E-state index is 5.89. The Hall–Kier alpha value is -1.77. The second kappa shape index (κ2) is 2.87. The molecule has 0 amide bonds. The Bertz CT molecular complexity index is 503. The average molecular weight is 187 g/mol. The van der Waals surface area contributed by atoms with E-state index in [1.807, 2.05) is 19.9 Å². The molecule has 0 fully saturated rings. The number of anilines is 2. The Balaban J connectivity index is 2.95. The van der Waals surface area contributed by atoms with E-state index in [4.69, 9.17) is 11.5 Å². The van der Waals surface area contributed by atoms with Crippen LogP contribution in [0.25, 0.3) is 10.9 Å². The molecule has 0 unspecified atom stereocenters. The van der Waals surface area contributed by atoms with Gasteiger partial charge in [0.05, 0.1) is 23.1 Å². The van der Waals surface area contributed by atoms with Gasteiger partial charge in [0, 0.05) is 5.39 Å². The van der Waals surface area contributed by atoms with Crippen LogP contribution in [0.1, 0.15) is 11.1 Å². The zero-order valence-electron chi connectivity index (χ0n) is 8.33. The molecule has 4 N–H and O–H groups in total. The van der Waals surface area contributed by atoms with Crippen LogP contribution in [0, 0.1) is 13.8 Å². The second-order valence-corrected chi connectivity index (χ2v) is 3.61. The van der Waals surface area contributed by atoms with Gasteiger partial charge in [0.25, 0.3) is 0 Å². The van der Waals surface area contributed by atoms with E-state index >= 15 is 0 Å². The maximum Gasteiger partial charge on any atom is 0.0753 e. The van der Waals surface area contributed by atoms with Crippen LogP contribution in [0.2, 0.25) is 0 Å². The van der Waals surface area contributed by atoms with Crippen molar-refractivity contribution in [2.24, 2.45) is 0 Å². The molecule has 0 aliphatic carbocycles. The Morgan fingerprint density at radius 1 is 1.14 bits per heavy atom. The van der Waals surface area contributed by atoms with E-state index in [1.165, 1.54) is 5.56 Å². The third kappa shape index (κ3) is 1.18. The molecule has 0 aliphatic rings. The van der Waals surface area contributed by atoms with Crippen molar-refractivity contribution in [2.45, 2.75) is 13.8 Å². The molecule has 1 aromatic carbocycles. The Labute approximate surface area is 82.7 Å². The van der Waals surface area contributed by atoms with Crippen LogP contribution in [0.4, 0.5) is 11.4 Å². The van der Waals surface area contributed by atoms with Gasteiger partial charge in [-0.2, -0.15) is 0 Å². The molecule has 0 saturated carbocycles. The maximum atomic E-state index is 5.89. The van der Waals surface area contributed by atoms with Crippen LogP contribution in [0.15, 0.2) is 18.3 Å². The average Bonchev–Trinajstić information content (AvgIpc) is 2.12. The van der Waals surface area contributed by atoms with Crippen molar-refractivity contribution in [1.82, 2.24) is 4.98 Å². The molecule has 1 aromatic heterocycles. The van der Waals surface area contributed by atoms with Gasteiger partial charge in [0.2, 0.25) is 0 Å². The fourth-order valence-electron chi connectivity index (χ4n) is 1.70. The molecule has 3 heteroatoms. The third-order valence-electron chi connectivity index (χ3n) is 2.38. The first-order valence-electron chi connectivity index (χ1n) is 4.50. The van der Waals surface area contributed by atoms with Gasteiger partial charge in [-0.1, -0.05) is 11.6 Å². The fourth-order valence-corrected chi connectivity index (χ4v) is 1.70. The number of aromatic nitrogens is 1. The summed E-state index contributed by atoms with van der Waals surface area (Å²) in [7, 11) is 0. The quantitative estimate of drug-likeness (QED) is 0.663. The molecule has 0 atom stereocenters. The van der Waals surface area contributed by atoms with E-state index in [0.717, 1.165) is 16.5 Å². The number of hydrogen-bond donors (Lipinski definition) is 2. The molecule has 2 rings (SSSR count). The highest BCUT2D eigenvalue weighted by molar-refractivity contribution is 5.97. The van der Waals surface area contributed by atoms with Crippen molar-refractivity contribution in [3.63, 3.8) is 0 Å². The van der Waals surface area contributed by atoms with Crippen LogP contribution in [-0.2, 0) is 0 Å². The van der Waals surface area contributed by atoms with E-state index in [9.17, 15) is 0 Å². The molecule has 0 spiro atoms. The van der Waals surface area contributed by atoms with Crippen LogP contribution in [-0.4, -0.2) is 4.98 Å². The summed E-state index contributed by atoms with van der Waals surface area (Å²) < 4.78 is 0. The van der Waals surface area contributed by atoms with Crippen molar-refractivity contribution in [2.75, 3.05) is 11.5 Å². The third-order valence-corrected chi connectivity index (χ3v) is 2.38. The van der Waals surface area contributed by atoms with Gasteiger partial charge in [0.1, 0.15) is 0 Å². The smallest absolute Gasteiger partial charge is 0.0753 e. The minimum Gasteiger partial charge on any atom is -0.396 e. The Kier molecular flexibility index (Phi) is 1.81. The van der Waals surface area contributed by atoms with Crippen LogP contribution >= 0.6 is 0 Å². The predicted octanol–water partition coefficient (Wildman–Crippen LogP) is 2.02. The minimum absolute atomic E-state index is 0.544. The zero-order valence-corrected chi connectivity index (χ0v) is 8.33. The molecule has 0 aliphatic heterocycles. The summed E-state index contributed by atoms with van der Waals surface area (Å²) in [6.45, 7) is 4.06. The molecule has 3 nitrogen and oxygen atoms in total. The largest absolute Gasteiger partial charge is 0.396 e. The van der Waals surface area contributed by atoms with Gasteiger partial charge in [-0.05, 0) is 25.5 Å². The number of nitrogen functional groups attached to an aromatic ring is 2. The Morgan fingerprint density at radius 3 is 2.57 bits per heavy atom. The van der Waals surface area contributed by atoms with Crippen molar-refractivity contribution in [1.29, 1.82) is 0 Å². The van der Waals surface area contributed by atoms with Crippen LogP contribution < -0.4 is 11.5 Å². The van der Waals surface area contributed by atoms with Crippen molar-refractivity contribution in [3.05, 3.63) is 29.5 Å². The highest BCUT2D eigenvalue weighted by Crippen LogP contribution is 2.27. The van der Waals surface area contributed by atoms with Crippen molar-refractivity contribution < 1.29 is 0 Å². The standard InChI is InChI=1S/C11H13N3/c1-6-3-7(2)11-8(4-6)10(13)9(12)5-14-11/h3-5H,12H2,1-2H3,(H2,13,14). The van der Waals surface area contributed by atoms with Gasteiger partial charge in [-0.25, -0.2) is 0 Å². The summed E-state index contributed by atoms with van der Waals surface area (Å²) in [6, 6.07) is 4.10. The van der Waals surface area contributed by atoms with Crippen LogP contribution in [0.3, 0.4) is 0 Å². The number of aryl methyl sites for hydroxylation is 2. The molecule has 14 heavy (non-hydrogen) atoms. The number of fused-ring (bicyclic) bond motifs is 1. The number of pyridine rings is 1. The van der Waals surface area contributed by atoms with E-state index in [0.29, 0.717) is 11.4 Å². The lowest BCUT2D eigenvalue weighted by Gasteiger charge is -2.07. The van der Waals surface area contributed by atoms with E-state index in [-0.39, 0.29) is 0 Å². The summed E-state index contributed by atoms with van der Waals surface area (Å²) in [5, 5.41) is 0.947. The predicted molar refractivity (Wildman–Crippen MR) is 60.0 cm³/mol. The molecule has 0 radical (unpaired) electrons. The highest BCUT2D eigenvalue weighted by atomic mass is 14.8. The number of rotatable bonds is 0. The molecule has 0 saturated heterocycles. The normalized spacial score (nSPS) is 10.7. The Morgan fingerprint density at radius 2 is 1.86 bits per heavy atom. The van der Waals surface area contributed by atoms with Gasteiger partial charge in [0.15, 0.2) is 0 Å². The summed E-state index contributed by atoms with van der Waals surface area (Å²) in [5.41, 5.74) is 16.0. The number of nitrogens with zero attached hydrogens (tertiary/aromatic N) is 1. The van der Waals surface area contributed by atoms with E-state index < -0.39 is 0 Å². The summed E-state index contributed by atoms with van der Waals surface area (Å²) in [4.78, 5) is 4.28. The summed E-state index contributed by atoms with van der Waals surface area (Å²) in [5.74, 6) is 0. The second-order valence-electron chi connectivity index (χ2n) is 3.61. The number of benzene rings is 1. The first-order valence-corrected chi connectivity index (χ1v) is 4.50. The topological polar surface area (TPSA) is 64.9 Å². The molecule has 0 bridgehead atoms. The SMILES string of the molecule is Cc1cc(C)c2ncc(N)c(N)c2c1. The minimum atomic E-state index is 0.544. The highest BCUT2D eigenvalue weighted by Gasteiger charge is 2.05. The molecule has 72 valence electrons. The van der Waals surface area contributed by atoms with Crippen LogP contribution in [0.5, 0.6) is 0 Å². The lowest BCUT2D eigenvalue weighted by Crippen LogP contribution is -1.98. The van der Waals surface area contributed by atoms with Crippen molar-refractivity contribution >= 4 is 22.3 Å². The molecular formula is C11H13N3. The van der Waals surface area contributed by atoms with E-state index in [2.05, 4.69) is 11.1 Å². The zero-order chi connectivity index (χ0) is 10.3. The number of nitrogens with two attached hydrogens (primary N) is 2. The van der Waals surface area contributed by atoms with E-state index in [1.54, 1.807) is 6.20 Å². The van der Waals surface area contributed by atoms with Gasteiger partial charge < -0.3 is 11.5 Å². The lowest BCUT2D eigenvalue weighted by molar-refractivity contribution is 1.34. The lowest BCUT2D eigenvalue weighted by atomic mass is 10.1. The molecule has 1 heterocycles. The molecular weight excluding hydrogens is 174 g/mol. The van der Waals surface area contributed by atoms with Gasteiger partial charge in [-0.15, -0.1) is 0 Å². The number of hydrogen-bond acceptors (Lipinski definition) is 3. The van der Waals surface area contributed by atoms with Crippen molar-refractivity contribution in [3.8, 4) is 0 Å². The fraction of sp³-hybridized carbons (Fsp3) is 0.182. The van der Waals surface area contributed by atoms with Gasteiger partial charge in [-0.3, -0.25) is 4.98 Å². The molecule has 2 aromatic rings.